The van der Waals surface area contributed by atoms with Gasteiger partial charge in [-0.2, -0.15) is 0 Å². The van der Waals surface area contributed by atoms with E-state index >= 15 is 0 Å². The molecule has 2 aromatic heterocycles. The van der Waals surface area contributed by atoms with Crippen molar-refractivity contribution in [2.75, 3.05) is 11.9 Å². The zero-order chi connectivity index (χ0) is 17.1. The van der Waals surface area contributed by atoms with Crippen LogP contribution in [-0.4, -0.2) is 32.7 Å². The van der Waals surface area contributed by atoms with E-state index in [-0.39, 0.29) is 12.6 Å². The molecule has 2 N–H and O–H groups in total. The van der Waals surface area contributed by atoms with E-state index in [0.717, 1.165) is 18.8 Å². The van der Waals surface area contributed by atoms with Gasteiger partial charge in [-0.3, -0.25) is 0 Å². The Labute approximate surface area is 164 Å². The van der Waals surface area contributed by atoms with Crippen molar-refractivity contribution < 1.29 is 5.11 Å². The van der Waals surface area contributed by atoms with Crippen LogP contribution in [0.5, 0.6) is 0 Å². The highest BCUT2D eigenvalue weighted by Crippen LogP contribution is 2.33. The summed E-state index contributed by atoms with van der Waals surface area (Å²) in [6, 6.07) is 8.00. The molecule has 0 aliphatic rings. The molecule has 2 heterocycles. The predicted molar refractivity (Wildman–Crippen MR) is 107 cm³/mol. The van der Waals surface area contributed by atoms with E-state index in [1.807, 2.05) is 25.1 Å². The van der Waals surface area contributed by atoms with Gasteiger partial charge in [-0.15, -0.1) is 11.3 Å². The molecule has 0 saturated carbocycles. The number of aromatic nitrogens is 3. The lowest BCUT2D eigenvalue weighted by Gasteiger charge is -2.12. The van der Waals surface area contributed by atoms with Crippen molar-refractivity contribution in [2.45, 2.75) is 23.9 Å². The zero-order valence-electron chi connectivity index (χ0n) is 12.7. The first kappa shape index (κ1) is 18.1. The Balaban J connectivity index is 1.89. The molecule has 1 aromatic carbocycles. The molecule has 0 aliphatic carbocycles. The largest absolute Gasteiger partial charge is 0.394 e. The molecule has 0 bridgehead atoms. The highest BCUT2D eigenvalue weighted by Gasteiger charge is 2.15. The number of thiazole rings is 1. The summed E-state index contributed by atoms with van der Waals surface area (Å²) in [4.78, 5) is 13.5. The van der Waals surface area contributed by atoms with Crippen molar-refractivity contribution in [1.82, 2.24) is 15.0 Å². The highest BCUT2D eigenvalue weighted by atomic mass is 79.9. The van der Waals surface area contributed by atoms with Crippen LogP contribution >= 0.6 is 55.0 Å². The molecule has 126 valence electrons. The van der Waals surface area contributed by atoms with Gasteiger partial charge in [0.25, 0.3) is 0 Å². The maximum Gasteiger partial charge on any atom is 0.191 e. The second-order valence-corrected chi connectivity index (χ2v) is 9.15. The van der Waals surface area contributed by atoms with Crippen molar-refractivity contribution in [3.05, 3.63) is 38.2 Å². The van der Waals surface area contributed by atoms with Gasteiger partial charge in [-0.25, -0.2) is 15.0 Å². The molecule has 0 aliphatic heterocycles. The number of rotatable bonds is 6. The summed E-state index contributed by atoms with van der Waals surface area (Å²) in [5, 5.41) is 13.2. The van der Waals surface area contributed by atoms with Crippen LogP contribution in [0, 0.1) is 0 Å². The van der Waals surface area contributed by atoms with E-state index in [1.165, 1.54) is 16.9 Å². The smallest absolute Gasteiger partial charge is 0.191 e. The van der Waals surface area contributed by atoms with Crippen molar-refractivity contribution >= 4 is 71.1 Å². The van der Waals surface area contributed by atoms with Gasteiger partial charge in [0.05, 0.1) is 6.61 Å². The SMILES string of the molecule is C[C@H](CO)Nc1nc(SCc2ccccc2Br)nc2nc(Br)sc12. The van der Waals surface area contributed by atoms with E-state index in [9.17, 15) is 5.11 Å². The number of thioether (sulfide) groups is 1. The Morgan fingerprint density at radius 2 is 2.04 bits per heavy atom. The van der Waals surface area contributed by atoms with E-state index in [2.05, 4.69) is 58.2 Å². The monoisotopic (exact) mass is 488 g/mol. The Kier molecular flexibility index (Phi) is 6.09. The molecule has 9 heteroatoms. The van der Waals surface area contributed by atoms with Crippen molar-refractivity contribution in [3.63, 3.8) is 0 Å². The third kappa shape index (κ3) is 4.26. The number of nitrogens with zero attached hydrogens (tertiary/aromatic N) is 3. The molecule has 1 atom stereocenters. The maximum absolute atomic E-state index is 9.29. The Morgan fingerprint density at radius 1 is 1.25 bits per heavy atom. The minimum atomic E-state index is -0.0925. The van der Waals surface area contributed by atoms with Crippen molar-refractivity contribution in [3.8, 4) is 0 Å². The first-order valence-corrected chi connectivity index (χ1v) is 10.5. The van der Waals surface area contributed by atoms with Gasteiger partial charge in [0.2, 0.25) is 0 Å². The fraction of sp³-hybridized carbons (Fsp3) is 0.267. The Hall–Kier alpha value is -0.740. The summed E-state index contributed by atoms with van der Waals surface area (Å²) in [6.07, 6.45) is 0. The summed E-state index contributed by atoms with van der Waals surface area (Å²) < 4.78 is 2.72. The lowest BCUT2D eigenvalue weighted by atomic mass is 10.2. The van der Waals surface area contributed by atoms with E-state index in [0.29, 0.717) is 16.6 Å². The number of halogens is 2. The van der Waals surface area contributed by atoms with Gasteiger partial charge in [-0.05, 0) is 34.5 Å². The number of fused-ring (bicyclic) bond motifs is 1. The number of hydrogen-bond acceptors (Lipinski definition) is 7. The van der Waals surface area contributed by atoms with Crippen LogP contribution in [0.4, 0.5) is 5.82 Å². The van der Waals surface area contributed by atoms with Gasteiger partial charge >= 0.3 is 0 Å². The molecule has 24 heavy (non-hydrogen) atoms. The average molecular weight is 490 g/mol. The molecule has 0 radical (unpaired) electrons. The molecule has 0 spiro atoms. The standard InChI is InChI=1S/C15H14Br2N4OS2/c1-8(6-22)18-12-11-13(19-14(17)24-11)21-15(20-12)23-7-9-4-2-3-5-10(9)16/h2-5,8,22H,6-7H2,1H3,(H,18,20,21)/t8-/m1/s1. The fourth-order valence-corrected chi connectivity index (χ4v) is 4.77. The topological polar surface area (TPSA) is 70.9 Å². The summed E-state index contributed by atoms with van der Waals surface area (Å²) >= 11 is 9.99. The molecule has 0 amide bonds. The molecule has 0 saturated heterocycles. The van der Waals surface area contributed by atoms with Gasteiger partial charge in [-0.1, -0.05) is 45.9 Å². The minimum absolute atomic E-state index is 0.0326. The second-order valence-electron chi connectivity index (χ2n) is 5.08. The minimum Gasteiger partial charge on any atom is -0.394 e. The van der Waals surface area contributed by atoms with Crippen LogP contribution in [0.2, 0.25) is 0 Å². The first-order chi connectivity index (χ1) is 11.6. The number of benzene rings is 1. The quantitative estimate of drug-likeness (QED) is 0.386. The maximum atomic E-state index is 9.29. The van der Waals surface area contributed by atoms with Crippen molar-refractivity contribution in [1.29, 1.82) is 0 Å². The van der Waals surface area contributed by atoms with Crippen LogP contribution in [0.1, 0.15) is 12.5 Å². The third-order valence-electron chi connectivity index (χ3n) is 3.18. The van der Waals surface area contributed by atoms with Gasteiger partial charge in [0.1, 0.15) is 4.70 Å². The first-order valence-electron chi connectivity index (χ1n) is 7.14. The van der Waals surface area contributed by atoms with Gasteiger partial charge < -0.3 is 10.4 Å². The molecule has 3 aromatic rings. The van der Waals surface area contributed by atoms with Gasteiger partial charge in [0.15, 0.2) is 20.5 Å². The lowest BCUT2D eigenvalue weighted by Crippen LogP contribution is -2.20. The fourth-order valence-electron chi connectivity index (χ4n) is 1.98. The summed E-state index contributed by atoms with van der Waals surface area (Å²) in [5.74, 6) is 1.46. The zero-order valence-corrected chi connectivity index (χ0v) is 17.5. The molecule has 0 fully saturated rings. The second kappa shape index (κ2) is 8.09. The molecular weight excluding hydrogens is 476 g/mol. The molecular formula is C15H14Br2N4OS2. The number of aliphatic hydroxyl groups is 1. The summed E-state index contributed by atoms with van der Waals surface area (Å²) in [5.41, 5.74) is 1.84. The molecule has 3 rings (SSSR count). The Bertz CT molecular complexity index is 859. The van der Waals surface area contributed by atoms with E-state index in [1.54, 1.807) is 11.8 Å². The summed E-state index contributed by atoms with van der Waals surface area (Å²) in [6.45, 7) is 1.93. The van der Waals surface area contributed by atoms with Crippen LogP contribution in [0.15, 0.2) is 37.8 Å². The third-order valence-corrected chi connectivity index (χ3v) is 6.35. The van der Waals surface area contributed by atoms with E-state index in [4.69, 9.17) is 0 Å². The highest BCUT2D eigenvalue weighted by molar-refractivity contribution is 9.11. The van der Waals surface area contributed by atoms with E-state index < -0.39 is 0 Å². The average Bonchev–Trinajstić information content (AvgIpc) is 2.94. The lowest BCUT2D eigenvalue weighted by molar-refractivity contribution is 0.281. The normalized spacial score (nSPS) is 12.5. The molecule has 0 unspecified atom stereocenters. The predicted octanol–water partition coefficient (Wildman–Crippen LogP) is 4.70. The van der Waals surface area contributed by atoms with Crippen LogP contribution in [0.25, 0.3) is 10.3 Å². The number of aliphatic hydroxyl groups excluding tert-OH is 1. The van der Waals surface area contributed by atoms with Crippen LogP contribution < -0.4 is 5.32 Å². The van der Waals surface area contributed by atoms with Gasteiger partial charge in [0, 0.05) is 16.3 Å². The number of nitrogens with one attached hydrogen (secondary N) is 1. The Morgan fingerprint density at radius 3 is 2.79 bits per heavy atom. The van der Waals surface area contributed by atoms with Crippen LogP contribution in [-0.2, 0) is 5.75 Å². The van der Waals surface area contributed by atoms with Crippen molar-refractivity contribution in [2.24, 2.45) is 0 Å². The van der Waals surface area contributed by atoms with Crippen LogP contribution in [0.3, 0.4) is 0 Å². The summed E-state index contributed by atoms with van der Waals surface area (Å²) in [7, 11) is 0. The number of hydrogen-bond donors (Lipinski definition) is 2. The molecule has 5 nitrogen and oxygen atoms in total. The number of anilines is 1.